The lowest BCUT2D eigenvalue weighted by molar-refractivity contribution is -0.124. The lowest BCUT2D eigenvalue weighted by Gasteiger charge is -2.23. The van der Waals surface area contributed by atoms with Crippen LogP contribution in [0.4, 0.5) is 11.4 Å². The Labute approximate surface area is 198 Å². The summed E-state index contributed by atoms with van der Waals surface area (Å²) in [6.07, 6.45) is 2.56. The number of nitrogens with zero attached hydrogens (tertiary/aromatic N) is 4. The summed E-state index contributed by atoms with van der Waals surface area (Å²) in [7, 11) is 0. The molecule has 1 atom stereocenters. The first kappa shape index (κ1) is 21.9. The molecule has 2 aromatic carbocycles. The minimum absolute atomic E-state index is 0.0299. The fourth-order valence-corrected chi connectivity index (χ4v) is 5.01. The predicted octanol–water partition coefficient (Wildman–Crippen LogP) is 4.12. The molecule has 0 N–H and O–H groups in total. The third-order valence-electron chi connectivity index (χ3n) is 6.71. The van der Waals surface area contributed by atoms with Crippen molar-refractivity contribution in [2.45, 2.75) is 39.0 Å². The molecule has 3 heterocycles. The Kier molecular flexibility index (Phi) is 5.24. The maximum Gasteiger partial charge on any atom is 0.232 e. The van der Waals surface area contributed by atoms with Crippen molar-refractivity contribution >= 4 is 23.2 Å². The van der Waals surface area contributed by atoms with Gasteiger partial charge in [0.2, 0.25) is 11.8 Å². The van der Waals surface area contributed by atoms with Crippen molar-refractivity contribution in [2.24, 2.45) is 5.92 Å². The molecule has 2 aliphatic rings. The van der Waals surface area contributed by atoms with Crippen LogP contribution < -0.4 is 9.80 Å². The smallest absolute Gasteiger partial charge is 0.232 e. The molecule has 1 saturated heterocycles. The van der Waals surface area contributed by atoms with Crippen LogP contribution in [0.15, 0.2) is 53.1 Å². The van der Waals surface area contributed by atoms with Gasteiger partial charge in [-0.25, -0.2) is 4.98 Å². The largest absolute Gasteiger partial charge is 0.446 e. The number of carbonyl (C=O) groups excluding carboxylic acids is 2. The van der Waals surface area contributed by atoms with Gasteiger partial charge < -0.3 is 14.2 Å². The molecule has 7 heteroatoms. The highest BCUT2D eigenvalue weighted by Gasteiger charge is 2.43. The van der Waals surface area contributed by atoms with Crippen LogP contribution in [-0.4, -0.2) is 29.9 Å². The molecule has 172 valence electrons. The van der Waals surface area contributed by atoms with E-state index in [0.717, 1.165) is 22.6 Å². The van der Waals surface area contributed by atoms with Crippen molar-refractivity contribution < 1.29 is 14.0 Å². The molecule has 0 bridgehead atoms. The molecular formula is C27H26N4O3. The fourth-order valence-electron chi connectivity index (χ4n) is 5.01. The maximum absolute atomic E-state index is 13.6. The van der Waals surface area contributed by atoms with Crippen molar-refractivity contribution in [3.8, 4) is 6.07 Å². The molecule has 0 saturated carbocycles. The average molecular weight is 455 g/mol. The first-order valence-electron chi connectivity index (χ1n) is 11.4. The first-order chi connectivity index (χ1) is 16.2. The average Bonchev–Trinajstić information content (AvgIpc) is 3.49. The highest BCUT2D eigenvalue weighted by Crippen LogP contribution is 2.42. The third kappa shape index (κ3) is 3.86. The number of fused-ring (bicyclic) bond motifs is 1. The number of rotatable bonds is 4. The second-order valence-electron chi connectivity index (χ2n) is 9.75. The molecule has 2 aliphatic heterocycles. The summed E-state index contributed by atoms with van der Waals surface area (Å²) in [5.74, 6) is 0.915. The Hall–Kier alpha value is -3.92. The summed E-state index contributed by atoms with van der Waals surface area (Å²) in [6.45, 7) is 7.00. The van der Waals surface area contributed by atoms with E-state index < -0.39 is 5.92 Å². The molecule has 0 radical (unpaired) electrons. The number of nitriles is 1. The second kappa shape index (κ2) is 8.14. The van der Waals surface area contributed by atoms with Crippen LogP contribution in [0.25, 0.3) is 0 Å². The molecule has 5 rings (SSSR count). The molecule has 1 aromatic heterocycles. The van der Waals surface area contributed by atoms with E-state index in [2.05, 4.69) is 31.0 Å². The van der Waals surface area contributed by atoms with E-state index in [1.54, 1.807) is 35.4 Å². The zero-order chi connectivity index (χ0) is 24.0. The quantitative estimate of drug-likeness (QED) is 0.591. The lowest BCUT2D eigenvalue weighted by atomic mass is 9.86. The molecule has 1 fully saturated rings. The summed E-state index contributed by atoms with van der Waals surface area (Å²) < 4.78 is 5.63. The maximum atomic E-state index is 13.6. The number of benzene rings is 2. The summed E-state index contributed by atoms with van der Waals surface area (Å²) in [6, 6.07) is 15.2. The number of aryl methyl sites for hydroxylation is 1. The van der Waals surface area contributed by atoms with Gasteiger partial charge in [0.25, 0.3) is 0 Å². The van der Waals surface area contributed by atoms with E-state index >= 15 is 0 Å². The minimum atomic E-state index is -0.420. The molecule has 1 unspecified atom stereocenters. The monoisotopic (exact) mass is 454 g/mol. The van der Waals surface area contributed by atoms with Gasteiger partial charge in [-0.05, 0) is 35.4 Å². The fraction of sp³-hybridized carbons (Fsp3) is 0.333. The highest BCUT2D eigenvalue weighted by molar-refractivity contribution is 6.05. The molecule has 0 aliphatic carbocycles. The Bertz CT molecular complexity index is 1330. The SMILES string of the molecule is Cc1ncc(Cc2ccc3c(c2)C(C)(C)CN3C(=O)C2CC(=O)N(c3cccc(C#N)c3)C2)o1. The third-order valence-corrected chi connectivity index (χ3v) is 6.71. The normalized spacial score (nSPS) is 18.8. The van der Waals surface area contributed by atoms with E-state index in [4.69, 9.17) is 4.42 Å². The van der Waals surface area contributed by atoms with Crippen LogP contribution in [-0.2, 0) is 21.4 Å². The predicted molar refractivity (Wildman–Crippen MR) is 127 cm³/mol. The molecule has 0 spiro atoms. The number of hydrogen-bond donors (Lipinski definition) is 0. The van der Waals surface area contributed by atoms with Gasteiger partial charge in [-0.15, -0.1) is 0 Å². The van der Waals surface area contributed by atoms with E-state index in [-0.39, 0.29) is 23.7 Å². The Morgan fingerprint density at radius 3 is 2.82 bits per heavy atom. The highest BCUT2D eigenvalue weighted by atomic mass is 16.3. The van der Waals surface area contributed by atoms with E-state index in [1.807, 2.05) is 24.0 Å². The van der Waals surface area contributed by atoms with Crippen molar-refractivity contribution in [1.29, 1.82) is 5.26 Å². The van der Waals surface area contributed by atoms with Gasteiger partial charge in [-0.1, -0.05) is 32.0 Å². The van der Waals surface area contributed by atoms with Crippen LogP contribution in [0.3, 0.4) is 0 Å². The minimum Gasteiger partial charge on any atom is -0.446 e. The number of amides is 2. The van der Waals surface area contributed by atoms with Gasteiger partial charge in [0.05, 0.1) is 23.7 Å². The molecular weight excluding hydrogens is 428 g/mol. The Morgan fingerprint density at radius 1 is 1.26 bits per heavy atom. The van der Waals surface area contributed by atoms with Crippen LogP contribution in [0.1, 0.15) is 48.6 Å². The van der Waals surface area contributed by atoms with Crippen LogP contribution in [0.2, 0.25) is 0 Å². The van der Waals surface area contributed by atoms with Crippen molar-refractivity contribution in [1.82, 2.24) is 4.98 Å². The zero-order valence-corrected chi connectivity index (χ0v) is 19.5. The van der Waals surface area contributed by atoms with Crippen molar-refractivity contribution in [2.75, 3.05) is 22.9 Å². The van der Waals surface area contributed by atoms with Gasteiger partial charge in [-0.2, -0.15) is 5.26 Å². The number of anilines is 2. The van der Waals surface area contributed by atoms with Crippen LogP contribution >= 0.6 is 0 Å². The molecule has 2 amide bonds. The van der Waals surface area contributed by atoms with Gasteiger partial charge >= 0.3 is 0 Å². The molecule has 7 nitrogen and oxygen atoms in total. The lowest BCUT2D eigenvalue weighted by Crippen LogP contribution is -2.39. The number of aromatic nitrogens is 1. The van der Waals surface area contributed by atoms with Gasteiger partial charge in [-0.3, -0.25) is 9.59 Å². The summed E-state index contributed by atoms with van der Waals surface area (Å²) in [5, 5.41) is 9.18. The van der Waals surface area contributed by atoms with E-state index in [0.29, 0.717) is 36.7 Å². The first-order valence-corrected chi connectivity index (χ1v) is 11.4. The molecule has 34 heavy (non-hydrogen) atoms. The van der Waals surface area contributed by atoms with E-state index in [1.165, 1.54) is 0 Å². The van der Waals surface area contributed by atoms with Gasteiger partial charge in [0.15, 0.2) is 5.89 Å². The molecule has 3 aromatic rings. The number of carbonyl (C=O) groups is 2. The topological polar surface area (TPSA) is 90.4 Å². The van der Waals surface area contributed by atoms with Crippen molar-refractivity contribution in [3.63, 3.8) is 0 Å². The summed E-state index contributed by atoms with van der Waals surface area (Å²) in [5.41, 5.74) is 4.08. The van der Waals surface area contributed by atoms with Gasteiger partial charge in [0.1, 0.15) is 5.76 Å². The Morgan fingerprint density at radius 2 is 2.09 bits per heavy atom. The van der Waals surface area contributed by atoms with Crippen molar-refractivity contribution in [3.05, 3.63) is 77.0 Å². The van der Waals surface area contributed by atoms with Gasteiger partial charge in [0, 0.05) is 49.6 Å². The standard InChI is InChI=1S/C27H26N4O3/c1-17-29-14-22(34-17)10-18-7-8-24-23(11-18)27(2,3)16-31(24)26(33)20-12-25(32)30(15-20)21-6-4-5-19(9-21)13-28/h4-9,11,14,20H,10,12,15-16H2,1-3H3. The Balaban J connectivity index is 1.37. The zero-order valence-electron chi connectivity index (χ0n) is 19.5. The van der Waals surface area contributed by atoms with Crippen LogP contribution in [0.5, 0.6) is 0 Å². The number of oxazole rings is 1. The number of hydrogen-bond acceptors (Lipinski definition) is 5. The van der Waals surface area contributed by atoms with E-state index in [9.17, 15) is 14.9 Å². The van der Waals surface area contributed by atoms with Crippen LogP contribution in [0, 0.1) is 24.2 Å². The summed E-state index contributed by atoms with van der Waals surface area (Å²) in [4.78, 5) is 34.0. The summed E-state index contributed by atoms with van der Waals surface area (Å²) >= 11 is 0. The second-order valence-corrected chi connectivity index (χ2v) is 9.75.